The SMILES string of the molecule is CC(CC1(C)CCCCCC(C)(C(C)(C)CC(C)(C)C#N)CCC1)NN. The molecule has 1 aliphatic rings. The maximum Gasteiger partial charge on any atom is 0.0684 e. The maximum atomic E-state index is 9.53. The Balaban J connectivity index is 2.90. The first-order chi connectivity index (χ1) is 11.9. The Morgan fingerprint density at radius 3 is 2.12 bits per heavy atom. The minimum atomic E-state index is -0.251. The van der Waals surface area contributed by atoms with Crippen molar-refractivity contribution in [3.05, 3.63) is 0 Å². The third kappa shape index (κ3) is 6.54. The number of nitriles is 1. The Labute approximate surface area is 163 Å². The molecule has 0 aromatic carbocycles. The Hall–Kier alpha value is -0.590. The molecule has 0 aromatic heterocycles. The van der Waals surface area contributed by atoms with E-state index in [-0.39, 0.29) is 10.8 Å². The number of hydrogen-bond acceptors (Lipinski definition) is 3. The normalized spacial score (nSPS) is 30.4. The van der Waals surface area contributed by atoms with E-state index in [4.69, 9.17) is 5.84 Å². The quantitative estimate of drug-likeness (QED) is 0.427. The van der Waals surface area contributed by atoms with E-state index in [0.717, 1.165) is 12.8 Å². The average molecular weight is 364 g/mol. The molecular weight excluding hydrogens is 318 g/mol. The molecule has 1 saturated carbocycles. The number of hydrogen-bond donors (Lipinski definition) is 2. The van der Waals surface area contributed by atoms with Gasteiger partial charge in [-0.3, -0.25) is 11.3 Å². The Morgan fingerprint density at radius 1 is 1.00 bits per heavy atom. The zero-order chi connectivity index (χ0) is 20.1. The highest BCUT2D eigenvalue weighted by atomic mass is 15.2. The van der Waals surface area contributed by atoms with E-state index in [0.29, 0.717) is 16.9 Å². The van der Waals surface area contributed by atoms with Gasteiger partial charge < -0.3 is 0 Å². The second kappa shape index (κ2) is 9.07. The molecule has 3 unspecified atom stereocenters. The predicted molar refractivity (Wildman–Crippen MR) is 112 cm³/mol. The topological polar surface area (TPSA) is 61.8 Å². The standard InChI is InChI=1S/C23H45N3/c1-19(26-25)16-22(6)12-9-8-10-14-23(7,15-11-13-22)21(4,5)17-20(2,3)18-24/h19,26H,8-17,25H2,1-7H3. The lowest BCUT2D eigenvalue weighted by atomic mass is 9.56. The van der Waals surface area contributed by atoms with Gasteiger partial charge in [-0.25, -0.2) is 0 Å². The molecule has 1 aliphatic carbocycles. The lowest BCUT2D eigenvalue weighted by Gasteiger charge is -2.48. The first kappa shape index (κ1) is 23.4. The van der Waals surface area contributed by atoms with E-state index in [9.17, 15) is 5.26 Å². The second-order valence-corrected chi connectivity index (χ2v) is 11.1. The van der Waals surface area contributed by atoms with Crippen LogP contribution in [0.2, 0.25) is 0 Å². The Bertz CT molecular complexity index is 476. The van der Waals surface area contributed by atoms with Crippen LogP contribution >= 0.6 is 0 Å². The van der Waals surface area contributed by atoms with Gasteiger partial charge in [-0.05, 0) is 75.5 Å². The molecule has 1 fully saturated rings. The van der Waals surface area contributed by atoms with Gasteiger partial charge in [-0.1, -0.05) is 53.4 Å². The molecule has 3 atom stereocenters. The maximum absolute atomic E-state index is 9.53. The van der Waals surface area contributed by atoms with Crippen molar-refractivity contribution in [2.45, 2.75) is 119 Å². The molecule has 0 saturated heterocycles. The van der Waals surface area contributed by atoms with Crippen molar-refractivity contribution >= 4 is 0 Å². The van der Waals surface area contributed by atoms with Crippen molar-refractivity contribution in [2.75, 3.05) is 0 Å². The summed E-state index contributed by atoms with van der Waals surface area (Å²) in [4.78, 5) is 0. The number of nitrogens with two attached hydrogens (primary N) is 1. The van der Waals surface area contributed by atoms with Crippen molar-refractivity contribution in [3.63, 3.8) is 0 Å². The van der Waals surface area contributed by atoms with Gasteiger partial charge in [0.25, 0.3) is 0 Å². The molecule has 0 amide bonds. The Morgan fingerprint density at radius 2 is 1.54 bits per heavy atom. The van der Waals surface area contributed by atoms with Crippen LogP contribution in [0.3, 0.4) is 0 Å². The Kier molecular flexibility index (Phi) is 8.18. The van der Waals surface area contributed by atoms with E-state index in [1.54, 1.807) is 0 Å². The first-order valence-electron chi connectivity index (χ1n) is 10.8. The van der Waals surface area contributed by atoms with Gasteiger partial charge in [-0.15, -0.1) is 0 Å². The number of hydrazine groups is 1. The summed E-state index contributed by atoms with van der Waals surface area (Å²) in [5.41, 5.74) is 3.56. The van der Waals surface area contributed by atoms with Gasteiger partial charge in [-0.2, -0.15) is 5.26 Å². The van der Waals surface area contributed by atoms with Crippen molar-refractivity contribution in [3.8, 4) is 6.07 Å². The summed E-state index contributed by atoms with van der Waals surface area (Å²) < 4.78 is 0. The zero-order valence-electron chi connectivity index (χ0n) is 18.7. The second-order valence-electron chi connectivity index (χ2n) is 11.1. The average Bonchev–Trinajstić information content (AvgIpc) is 2.53. The van der Waals surface area contributed by atoms with Crippen LogP contribution in [0.1, 0.15) is 113 Å². The predicted octanol–water partition coefficient (Wildman–Crippen LogP) is 6.34. The minimum Gasteiger partial charge on any atom is -0.271 e. The zero-order valence-corrected chi connectivity index (χ0v) is 18.7. The van der Waals surface area contributed by atoms with Gasteiger partial charge >= 0.3 is 0 Å². The van der Waals surface area contributed by atoms with Gasteiger partial charge in [0.15, 0.2) is 0 Å². The summed E-state index contributed by atoms with van der Waals surface area (Å²) in [6.07, 6.45) is 12.5. The van der Waals surface area contributed by atoms with Crippen LogP contribution in [0.5, 0.6) is 0 Å². The monoisotopic (exact) mass is 363 g/mol. The number of rotatable bonds is 6. The summed E-state index contributed by atoms with van der Waals surface area (Å²) in [5, 5.41) is 9.53. The van der Waals surface area contributed by atoms with Gasteiger partial charge in [0, 0.05) is 6.04 Å². The van der Waals surface area contributed by atoms with Crippen LogP contribution in [0.15, 0.2) is 0 Å². The van der Waals surface area contributed by atoms with Gasteiger partial charge in [0.05, 0.1) is 11.5 Å². The van der Waals surface area contributed by atoms with E-state index in [2.05, 4.69) is 60.0 Å². The highest BCUT2D eigenvalue weighted by Gasteiger charge is 2.43. The van der Waals surface area contributed by atoms with Crippen molar-refractivity contribution in [2.24, 2.45) is 27.5 Å². The van der Waals surface area contributed by atoms with Crippen LogP contribution in [-0.2, 0) is 0 Å². The van der Waals surface area contributed by atoms with Crippen molar-refractivity contribution < 1.29 is 0 Å². The van der Waals surface area contributed by atoms with E-state index < -0.39 is 0 Å². The molecule has 0 bridgehead atoms. The largest absolute Gasteiger partial charge is 0.271 e. The summed E-state index contributed by atoms with van der Waals surface area (Å²) >= 11 is 0. The van der Waals surface area contributed by atoms with Crippen LogP contribution in [-0.4, -0.2) is 6.04 Å². The molecule has 3 N–H and O–H groups in total. The third-order valence-corrected chi connectivity index (χ3v) is 7.42. The van der Waals surface area contributed by atoms with E-state index in [1.165, 1.54) is 51.4 Å². The van der Waals surface area contributed by atoms with E-state index >= 15 is 0 Å². The van der Waals surface area contributed by atoms with Gasteiger partial charge in [0.1, 0.15) is 0 Å². The molecule has 0 aliphatic heterocycles. The van der Waals surface area contributed by atoms with Crippen molar-refractivity contribution in [1.82, 2.24) is 5.43 Å². The summed E-state index contributed by atoms with van der Waals surface area (Å²) in [6, 6.07) is 2.90. The molecule has 3 heteroatoms. The minimum absolute atomic E-state index is 0.175. The molecular formula is C23H45N3. The van der Waals surface area contributed by atoms with Crippen LogP contribution in [0.4, 0.5) is 0 Å². The number of nitrogens with zero attached hydrogens (tertiary/aromatic N) is 1. The molecule has 0 heterocycles. The highest BCUT2D eigenvalue weighted by Crippen LogP contribution is 2.53. The fourth-order valence-electron chi connectivity index (χ4n) is 5.44. The molecule has 0 aromatic rings. The third-order valence-electron chi connectivity index (χ3n) is 7.42. The lowest BCUT2D eigenvalue weighted by molar-refractivity contribution is 0.0227. The fraction of sp³-hybridized carbons (Fsp3) is 0.957. The molecule has 26 heavy (non-hydrogen) atoms. The number of nitrogens with one attached hydrogen (secondary N) is 1. The summed E-state index contributed by atoms with van der Waals surface area (Å²) in [5.74, 6) is 5.67. The van der Waals surface area contributed by atoms with Crippen LogP contribution in [0.25, 0.3) is 0 Å². The smallest absolute Gasteiger partial charge is 0.0684 e. The fourth-order valence-corrected chi connectivity index (χ4v) is 5.44. The lowest BCUT2D eigenvalue weighted by Crippen LogP contribution is -2.40. The summed E-state index contributed by atoms with van der Waals surface area (Å²) in [7, 11) is 0. The molecule has 3 nitrogen and oxygen atoms in total. The molecule has 0 spiro atoms. The van der Waals surface area contributed by atoms with Crippen LogP contribution in [0, 0.1) is 33.0 Å². The van der Waals surface area contributed by atoms with Crippen LogP contribution < -0.4 is 11.3 Å². The van der Waals surface area contributed by atoms with E-state index in [1.807, 2.05) is 0 Å². The van der Waals surface area contributed by atoms with Crippen molar-refractivity contribution in [1.29, 1.82) is 5.26 Å². The summed E-state index contributed by atoms with van der Waals surface area (Å²) in [6.45, 7) is 16.1. The molecule has 0 radical (unpaired) electrons. The van der Waals surface area contributed by atoms with Gasteiger partial charge in [0.2, 0.25) is 0 Å². The highest BCUT2D eigenvalue weighted by molar-refractivity contribution is 5.00. The first-order valence-corrected chi connectivity index (χ1v) is 10.8. The molecule has 1 rings (SSSR count). The molecule has 152 valence electrons.